The molecule has 0 amide bonds. The standard InChI is InChI=1S/C17H18Cl2N6/c18-9-5-10-11(7-22-15(10)21-6-9)16-23-8-12(19)17(25-16)24-14-4-2-1-3-13(14)20/h5-8,13-14H,1-4,20H2,(H,21,22)(H,23,24,25)/t13-,14-/m1/s1. The van der Waals surface area contributed by atoms with Crippen molar-refractivity contribution in [3.05, 3.63) is 34.7 Å². The molecule has 0 radical (unpaired) electrons. The van der Waals surface area contributed by atoms with E-state index < -0.39 is 0 Å². The van der Waals surface area contributed by atoms with Gasteiger partial charge in [-0.1, -0.05) is 36.0 Å². The molecule has 0 saturated heterocycles. The minimum Gasteiger partial charge on any atom is -0.364 e. The van der Waals surface area contributed by atoms with E-state index in [9.17, 15) is 0 Å². The monoisotopic (exact) mass is 376 g/mol. The molecule has 3 heterocycles. The fourth-order valence-corrected chi connectivity index (χ4v) is 3.58. The van der Waals surface area contributed by atoms with E-state index in [0.29, 0.717) is 21.7 Å². The molecule has 25 heavy (non-hydrogen) atoms. The van der Waals surface area contributed by atoms with E-state index in [1.165, 1.54) is 6.42 Å². The van der Waals surface area contributed by atoms with Crippen molar-refractivity contribution in [2.24, 2.45) is 5.73 Å². The molecule has 1 fully saturated rings. The highest BCUT2D eigenvalue weighted by Crippen LogP contribution is 2.30. The minimum atomic E-state index is 0.110. The Morgan fingerprint density at radius 2 is 2.00 bits per heavy atom. The van der Waals surface area contributed by atoms with E-state index in [1.807, 2.05) is 12.3 Å². The van der Waals surface area contributed by atoms with Gasteiger partial charge in [0.15, 0.2) is 5.82 Å². The van der Waals surface area contributed by atoms with Gasteiger partial charge in [-0.05, 0) is 18.9 Å². The molecular weight excluding hydrogens is 359 g/mol. The van der Waals surface area contributed by atoms with Crippen LogP contribution in [0.2, 0.25) is 10.0 Å². The number of nitrogens with two attached hydrogens (primary N) is 1. The van der Waals surface area contributed by atoms with E-state index in [2.05, 4.69) is 25.3 Å². The van der Waals surface area contributed by atoms with Gasteiger partial charge in [0.25, 0.3) is 0 Å². The summed E-state index contributed by atoms with van der Waals surface area (Å²) < 4.78 is 0. The predicted octanol–water partition coefficient (Wildman–Crippen LogP) is 4.01. The molecule has 0 aromatic carbocycles. The van der Waals surface area contributed by atoms with Gasteiger partial charge in [-0.3, -0.25) is 0 Å². The summed E-state index contributed by atoms with van der Waals surface area (Å²) >= 11 is 12.4. The summed E-state index contributed by atoms with van der Waals surface area (Å²) in [5, 5.41) is 5.32. The fraction of sp³-hybridized carbons (Fsp3) is 0.353. The van der Waals surface area contributed by atoms with Gasteiger partial charge in [0.2, 0.25) is 0 Å². The summed E-state index contributed by atoms with van der Waals surface area (Å²) in [5.41, 5.74) is 7.79. The molecule has 0 spiro atoms. The molecule has 3 aromatic rings. The third-order valence-corrected chi connectivity index (χ3v) is 5.11. The maximum atomic E-state index is 6.30. The lowest BCUT2D eigenvalue weighted by Gasteiger charge is -2.30. The van der Waals surface area contributed by atoms with Gasteiger partial charge in [-0.15, -0.1) is 0 Å². The van der Waals surface area contributed by atoms with Gasteiger partial charge in [-0.25, -0.2) is 15.0 Å². The van der Waals surface area contributed by atoms with Crippen LogP contribution in [0, 0.1) is 0 Å². The maximum absolute atomic E-state index is 6.30. The van der Waals surface area contributed by atoms with Crippen LogP contribution in [0.1, 0.15) is 25.7 Å². The Morgan fingerprint density at radius 3 is 2.84 bits per heavy atom. The average Bonchev–Trinajstić information content (AvgIpc) is 3.02. The molecule has 3 aromatic heterocycles. The Hall–Kier alpha value is -1.89. The molecular formula is C17H18Cl2N6. The number of anilines is 1. The number of hydrogen-bond acceptors (Lipinski definition) is 5. The second kappa shape index (κ2) is 6.78. The lowest BCUT2D eigenvalue weighted by Crippen LogP contribution is -2.42. The zero-order valence-corrected chi connectivity index (χ0v) is 15.0. The molecule has 6 nitrogen and oxygen atoms in total. The van der Waals surface area contributed by atoms with Gasteiger partial charge >= 0.3 is 0 Å². The molecule has 4 N–H and O–H groups in total. The molecule has 1 aliphatic rings. The molecule has 0 bridgehead atoms. The van der Waals surface area contributed by atoms with Gasteiger partial charge in [0, 0.05) is 35.4 Å². The van der Waals surface area contributed by atoms with Gasteiger partial charge < -0.3 is 16.0 Å². The lowest BCUT2D eigenvalue weighted by atomic mass is 9.91. The second-order valence-corrected chi connectivity index (χ2v) is 7.18. The van der Waals surface area contributed by atoms with Crippen molar-refractivity contribution in [3.63, 3.8) is 0 Å². The van der Waals surface area contributed by atoms with Crippen LogP contribution in [0.4, 0.5) is 5.82 Å². The predicted molar refractivity (Wildman–Crippen MR) is 101 cm³/mol. The van der Waals surface area contributed by atoms with Crippen LogP contribution in [0.15, 0.2) is 24.7 Å². The van der Waals surface area contributed by atoms with Crippen molar-refractivity contribution in [3.8, 4) is 11.4 Å². The summed E-state index contributed by atoms with van der Waals surface area (Å²) in [5.74, 6) is 1.17. The highest BCUT2D eigenvalue weighted by atomic mass is 35.5. The number of hydrogen-bond donors (Lipinski definition) is 3. The topological polar surface area (TPSA) is 92.5 Å². The maximum Gasteiger partial charge on any atom is 0.163 e. The van der Waals surface area contributed by atoms with Crippen molar-refractivity contribution in [2.45, 2.75) is 37.8 Å². The quantitative estimate of drug-likeness (QED) is 0.641. The minimum absolute atomic E-state index is 0.110. The van der Waals surface area contributed by atoms with Gasteiger partial charge in [0.05, 0.1) is 11.2 Å². The number of nitrogens with zero attached hydrogens (tertiary/aromatic N) is 3. The molecule has 8 heteroatoms. The normalized spacial score (nSPS) is 20.8. The fourth-order valence-electron chi connectivity index (χ4n) is 3.28. The number of aromatic amines is 1. The average molecular weight is 377 g/mol. The zero-order valence-electron chi connectivity index (χ0n) is 13.5. The number of pyridine rings is 1. The van der Waals surface area contributed by atoms with E-state index in [0.717, 1.165) is 35.9 Å². The Kier molecular flexibility index (Phi) is 4.50. The van der Waals surface area contributed by atoms with Crippen LogP contribution in [0.25, 0.3) is 22.4 Å². The molecule has 0 unspecified atom stereocenters. The number of fused-ring (bicyclic) bond motifs is 1. The van der Waals surface area contributed by atoms with Crippen molar-refractivity contribution in [2.75, 3.05) is 5.32 Å². The molecule has 0 aliphatic heterocycles. The first-order valence-electron chi connectivity index (χ1n) is 8.29. The van der Waals surface area contributed by atoms with Gasteiger partial charge in [0.1, 0.15) is 16.5 Å². The van der Waals surface area contributed by atoms with Crippen molar-refractivity contribution >= 4 is 40.1 Å². The van der Waals surface area contributed by atoms with Crippen LogP contribution in [0.3, 0.4) is 0 Å². The number of H-pyrrole nitrogens is 1. The Balaban J connectivity index is 1.70. The van der Waals surface area contributed by atoms with Crippen molar-refractivity contribution in [1.82, 2.24) is 19.9 Å². The highest BCUT2D eigenvalue weighted by Gasteiger charge is 2.23. The summed E-state index contributed by atoms with van der Waals surface area (Å²) in [6.07, 6.45) is 9.40. The van der Waals surface area contributed by atoms with E-state index in [1.54, 1.807) is 12.4 Å². The summed E-state index contributed by atoms with van der Waals surface area (Å²) in [6, 6.07) is 2.13. The Morgan fingerprint density at radius 1 is 1.16 bits per heavy atom. The molecule has 130 valence electrons. The number of halogens is 2. The largest absolute Gasteiger partial charge is 0.364 e. The molecule has 1 aliphatic carbocycles. The van der Waals surface area contributed by atoms with Gasteiger partial charge in [-0.2, -0.15) is 0 Å². The zero-order chi connectivity index (χ0) is 17.4. The number of nitrogens with one attached hydrogen (secondary N) is 2. The SMILES string of the molecule is N[C@@H]1CCCC[C@H]1Nc1nc(-c2c[nH]c3ncc(Cl)cc23)ncc1Cl. The smallest absolute Gasteiger partial charge is 0.163 e. The molecule has 1 saturated carbocycles. The third kappa shape index (κ3) is 3.29. The van der Waals surface area contributed by atoms with Crippen LogP contribution in [-0.2, 0) is 0 Å². The first-order valence-corrected chi connectivity index (χ1v) is 9.05. The Bertz CT molecular complexity index is 909. The first-order chi connectivity index (χ1) is 12.1. The molecule has 4 rings (SSSR count). The van der Waals surface area contributed by atoms with E-state index in [4.69, 9.17) is 28.9 Å². The van der Waals surface area contributed by atoms with Crippen molar-refractivity contribution < 1.29 is 0 Å². The third-order valence-electron chi connectivity index (χ3n) is 4.62. The van der Waals surface area contributed by atoms with Crippen LogP contribution >= 0.6 is 23.2 Å². The first kappa shape index (κ1) is 16.6. The highest BCUT2D eigenvalue weighted by molar-refractivity contribution is 6.33. The Labute approximate surface area is 155 Å². The molecule has 2 atom stereocenters. The van der Waals surface area contributed by atoms with Crippen LogP contribution in [0.5, 0.6) is 0 Å². The number of rotatable bonds is 3. The van der Waals surface area contributed by atoms with Crippen LogP contribution in [-0.4, -0.2) is 32.0 Å². The summed E-state index contributed by atoms with van der Waals surface area (Å²) in [4.78, 5) is 16.4. The van der Waals surface area contributed by atoms with Crippen molar-refractivity contribution in [1.29, 1.82) is 0 Å². The summed E-state index contributed by atoms with van der Waals surface area (Å²) in [6.45, 7) is 0. The lowest BCUT2D eigenvalue weighted by molar-refractivity contribution is 0.403. The number of aromatic nitrogens is 4. The van der Waals surface area contributed by atoms with Crippen LogP contribution < -0.4 is 11.1 Å². The summed E-state index contributed by atoms with van der Waals surface area (Å²) in [7, 11) is 0. The van der Waals surface area contributed by atoms with E-state index in [-0.39, 0.29) is 12.1 Å². The van der Waals surface area contributed by atoms with E-state index >= 15 is 0 Å². The second-order valence-electron chi connectivity index (χ2n) is 6.34.